The van der Waals surface area contributed by atoms with Crippen LogP contribution in [0.2, 0.25) is 0 Å². The van der Waals surface area contributed by atoms with Crippen LogP contribution >= 0.6 is 15.9 Å². The third kappa shape index (κ3) is 3.67. The number of carboxylic acid groups (broad SMARTS) is 1. The van der Waals surface area contributed by atoms with Crippen molar-refractivity contribution in [3.63, 3.8) is 0 Å². The first kappa shape index (κ1) is 17.3. The van der Waals surface area contributed by atoms with E-state index in [-0.39, 0.29) is 0 Å². The van der Waals surface area contributed by atoms with Gasteiger partial charge in [0.05, 0.1) is 10.2 Å². The fourth-order valence-corrected chi connectivity index (χ4v) is 2.62. The molecule has 0 radical (unpaired) electrons. The normalized spacial score (nSPS) is 12.1. The molecule has 1 aromatic heterocycles. The molecule has 0 aliphatic rings. The Labute approximate surface area is 143 Å². The van der Waals surface area contributed by atoms with Gasteiger partial charge in [0, 0.05) is 18.7 Å². The van der Waals surface area contributed by atoms with Gasteiger partial charge in [0.15, 0.2) is 6.10 Å². The smallest absolute Gasteiger partial charge is 0.344 e. The second-order valence-corrected chi connectivity index (χ2v) is 6.24. The zero-order valence-electron chi connectivity index (χ0n) is 13.7. The van der Waals surface area contributed by atoms with Gasteiger partial charge < -0.3 is 14.6 Å². The Hall–Kier alpha value is -2.02. The summed E-state index contributed by atoms with van der Waals surface area (Å²) in [6.07, 6.45) is -0.956. The van der Waals surface area contributed by atoms with Gasteiger partial charge in [0.2, 0.25) is 5.88 Å². The van der Waals surface area contributed by atoms with Gasteiger partial charge in [-0.3, -0.25) is 0 Å². The van der Waals surface area contributed by atoms with Gasteiger partial charge in [0.1, 0.15) is 11.5 Å². The molecule has 6 nitrogen and oxygen atoms in total. The van der Waals surface area contributed by atoms with E-state index in [2.05, 4.69) is 21.0 Å². The van der Waals surface area contributed by atoms with Crippen molar-refractivity contribution in [2.75, 3.05) is 0 Å². The molecule has 0 fully saturated rings. The number of halogens is 1. The van der Waals surface area contributed by atoms with Gasteiger partial charge in [-0.25, -0.2) is 9.48 Å². The Balaban J connectivity index is 2.37. The van der Waals surface area contributed by atoms with Crippen molar-refractivity contribution in [2.45, 2.75) is 33.8 Å². The fraction of sp³-hybridized carbons (Fsp3) is 0.375. The molecule has 1 atom stereocenters. The van der Waals surface area contributed by atoms with Crippen molar-refractivity contribution in [3.8, 4) is 17.4 Å². The highest BCUT2D eigenvalue weighted by atomic mass is 79.9. The van der Waals surface area contributed by atoms with E-state index >= 15 is 0 Å². The standard InChI is InChI=1S/C16H19BrN2O4/c1-8-6-12(17)14(22-11(4)16(20)21)7-13(8)23-15-9(2)10(3)18-19(15)5/h6-7,11H,1-5H3,(H,20,21)/t11-/m0/s1. The Morgan fingerprint density at radius 1 is 1.30 bits per heavy atom. The summed E-state index contributed by atoms with van der Waals surface area (Å²) < 4.78 is 13.8. The average Bonchev–Trinajstić information content (AvgIpc) is 2.69. The van der Waals surface area contributed by atoms with E-state index in [0.717, 1.165) is 16.8 Å². The number of benzene rings is 1. The first-order valence-corrected chi connectivity index (χ1v) is 7.87. The molecule has 2 rings (SSSR count). The Morgan fingerprint density at radius 3 is 2.48 bits per heavy atom. The summed E-state index contributed by atoms with van der Waals surface area (Å²) >= 11 is 3.39. The van der Waals surface area contributed by atoms with E-state index in [0.29, 0.717) is 21.9 Å². The van der Waals surface area contributed by atoms with Gasteiger partial charge >= 0.3 is 5.97 Å². The van der Waals surface area contributed by atoms with Crippen LogP contribution in [0.1, 0.15) is 23.7 Å². The maximum Gasteiger partial charge on any atom is 0.344 e. The number of hydrogen-bond donors (Lipinski definition) is 1. The second-order valence-electron chi connectivity index (χ2n) is 5.39. The molecule has 0 saturated heterocycles. The third-order valence-electron chi connectivity index (χ3n) is 3.55. The number of aliphatic carboxylic acids is 1. The van der Waals surface area contributed by atoms with Crippen LogP contribution in [-0.4, -0.2) is 27.0 Å². The Morgan fingerprint density at radius 2 is 1.96 bits per heavy atom. The lowest BCUT2D eigenvalue weighted by Gasteiger charge is -2.16. The molecule has 1 heterocycles. The number of carboxylic acids is 1. The van der Waals surface area contributed by atoms with Gasteiger partial charge in [-0.1, -0.05) is 0 Å². The molecule has 0 saturated carbocycles. The number of rotatable bonds is 5. The monoisotopic (exact) mass is 382 g/mol. The van der Waals surface area contributed by atoms with Gasteiger partial charge in [-0.2, -0.15) is 5.10 Å². The van der Waals surface area contributed by atoms with Crippen LogP contribution in [0.15, 0.2) is 16.6 Å². The van der Waals surface area contributed by atoms with Crippen molar-refractivity contribution in [1.82, 2.24) is 9.78 Å². The van der Waals surface area contributed by atoms with Crippen molar-refractivity contribution >= 4 is 21.9 Å². The molecule has 0 bridgehead atoms. The summed E-state index contributed by atoms with van der Waals surface area (Å²) in [5, 5.41) is 13.3. The minimum atomic E-state index is -1.03. The Kier molecular flexibility index (Phi) is 4.99. The molecule has 1 N–H and O–H groups in total. The summed E-state index contributed by atoms with van der Waals surface area (Å²) in [7, 11) is 1.81. The number of carbonyl (C=O) groups is 1. The number of aryl methyl sites for hydroxylation is 3. The lowest BCUT2D eigenvalue weighted by molar-refractivity contribution is -0.144. The first-order valence-electron chi connectivity index (χ1n) is 7.08. The summed E-state index contributed by atoms with van der Waals surface area (Å²) in [5.41, 5.74) is 2.75. The largest absolute Gasteiger partial charge is 0.479 e. The first-order chi connectivity index (χ1) is 10.7. The molecular formula is C16H19BrN2O4. The van der Waals surface area contributed by atoms with Crippen LogP contribution in [0.25, 0.3) is 0 Å². The van der Waals surface area contributed by atoms with E-state index in [1.807, 2.05) is 33.9 Å². The van der Waals surface area contributed by atoms with Crippen molar-refractivity contribution in [3.05, 3.63) is 33.4 Å². The quantitative estimate of drug-likeness (QED) is 0.851. The van der Waals surface area contributed by atoms with Crippen LogP contribution < -0.4 is 9.47 Å². The molecule has 124 valence electrons. The minimum Gasteiger partial charge on any atom is -0.479 e. The maximum absolute atomic E-state index is 11.0. The van der Waals surface area contributed by atoms with Crippen LogP contribution in [0, 0.1) is 20.8 Å². The highest BCUT2D eigenvalue weighted by Crippen LogP contribution is 2.36. The predicted molar refractivity (Wildman–Crippen MR) is 89.4 cm³/mol. The summed E-state index contributed by atoms with van der Waals surface area (Å²) in [4.78, 5) is 11.0. The molecule has 0 aliphatic heterocycles. The van der Waals surface area contributed by atoms with E-state index in [4.69, 9.17) is 14.6 Å². The summed E-state index contributed by atoms with van der Waals surface area (Å²) in [6, 6.07) is 3.51. The highest BCUT2D eigenvalue weighted by molar-refractivity contribution is 9.10. The molecule has 2 aromatic rings. The molecule has 0 unspecified atom stereocenters. The van der Waals surface area contributed by atoms with Crippen LogP contribution in [0.4, 0.5) is 0 Å². The highest BCUT2D eigenvalue weighted by Gasteiger charge is 2.18. The van der Waals surface area contributed by atoms with E-state index in [1.54, 1.807) is 10.7 Å². The van der Waals surface area contributed by atoms with Gasteiger partial charge in [-0.05, 0) is 55.3 Å². The minimum absolute atomic E-state index is 0.414. The van der Waals surface area contributed by atoms with Crippen molar-refractivity contribution < 1.29 is 19.4 Å². The van der Waals surface area contributed by atoms with E-state index in [1.165, 1.54) is 6.92 Å². The fourth-order valence-electron chi connectivity index (χ4n) is 2.06. The average molecular weight is 383 g/mol. The zero-order chi connectivity index (χ0) is 17.3. The number of ether oxygens (including phenoxy) is 2. The van der Waals surface area contributed by atoms with E-state index < -0.39 is 12.1 Å². The Bertz CT molecular complexity index is 755. The van der Waals surface area contributed by atoms with Crippen LogP contribution in [-0.2, 0) is 11.8 Å². The topological polar surface area (TPSA) is 73.6 Å². The molecule has 0 amide bonds. The lowest BCUT2D eigenvalue weighted by Crippen LogP contribution is -2.23. The van der Waals surface area contributed by atoms with Crippen LogP contribution in [0.3, 0.4) is 0 Å². The molecule has 23 heavy (non-hydrogen) atoms. The predicted octanol–water partition coefficient (Wildman–Crippen LogP) is 3.75. The molecule has 7 heteroatoms. The van der Waals surface area contributed by atoms with E-state index in [9.17, 15) is 4.79 Å². The summed E-state index contributed by atoms with van der Waals surface area (Å²) in [6.45, 7) is 7.24. The second kappa shape index (κ2) is 6.62. The van der Waals surface area contributed by atoms with Gasteiger partial charge in [0.25, 0.3) is 0 Å². The maximum atomic E-state index is 11.0. The molecular weight excluding hydrogens is 364 g/mol. The van der Waals surface area contributed by atoms with Crippen molar-refractivity contribution in [1.29, 1.82) is 0 Å². The lowest BCUT2D eigenvalue weighted by atomic mass is 10.2. The molecule has 0 spiro atoms. The number of aromatic nitrogens is 2. The van der Waals surface area contributed by atoms with Crippen LogP contribution in [0.5, 0.6) is 17.4 Å². The number of nitrogens with zero attached hydrogens (tertiary/aromatic N) is 2. The van der Waals surface area contributed by atoms with Gasteiger partial charge in [-0.15, -0.1) is 0 Å². The SMILES string of the molecule is Cc1cc(Br)c(O[C@@H](C)C(=O)O)cc1Oc1c(C)c(C)nn1C. The van der Waals surface area contributed by atoms with Crippen molar-refractivity contribution in [2.24, 2.45) is 7.05 Å². The number of hydrogen-bond acceptors (Lipinski definition) is 4. The molecule has 1 aromatic carbocycles. The summed E-state index contributed by atoms with van der Waals surface area (Å²) in [5.74, 6) is 0.618. The zero-order valence-corrected chi connectivity index (χ0v) is 15.3. The molecule has 0 aliphatic carbocycles. The third-order valence-corrected chi connectivity index (χ3v) is 4.16.